The largest absolute Gasteiger partial charge is 0.265 e. The summed E-state index contributed by atoms with van der Waals surface area (Å²) in [7, 11) is 0. The van der Waals surface area contributed by atoms with Gasteiger partial charge < -0.3 is 0 Å². The highest BCUT2D eigenvalue weighted by atomic mass is 16.6. The molecule has 0 aliphatic carbocycles. The lowest BCUT2D eigenvalue weighted by Crippen LogP contribution is -2.23. The highest BCUT2D eigenvalue weighted by molar-refractivity contribution is 5.73. The van der Waals surface area contributed by atoms with Crippen LogP contribution in [0.4, 0.5) is 0 Å². The van der Waals surface area contributed by atoms with Gasteiger partial charge in [-0.1, -0.05) is 146 Å². The fourth-order valence-corrected chi connectivity index (χ4v) is 6.72. The number of pyridine rings is 2. The minimum Gasteiger partial charge on any atom is -0.265 e. The average molecular weight is 825 g/mol. The molecular formula is C54H76N6O. The predicted octanol–water partition coefficient (Wildman–Crippen LogP) is 12.9. The van der Waals surface area contributed by atoms with E-state index in [1.165, 1.54) is 27.8 Å². The van der Waals surface area contributed by atoms with Gasteiger partial charge in [0.05, 0.1) is 10.7 Å². The van der Waals surface area contributed by atoms with Crippen LogP contribution in [0.5, 0.6) is 0 Å². The third-order valence-corrected chi connectivity index (χ3v) is 8.85. The van der Waals surface area contributed by atoms with Crippen molar-refractivity contribution in [2.75, 3.05) is 6.67 Å². The van der Waals surface area contributed by atoms with Crippen molar-refractivity contribution in [1.29, 1.82) is 0 Å². The molecule has 1 aliphatic heterocycles. The van der Waals surface area contributed by atoms with Gasteiger partial charge in [-0.2, -0.15) is 0 Å². The normalized spacial score (nSPS) is 12.4. The lowest BCUT2D eigenvalue weighted by atomic mass is 9.88. The van der Waals surface area contributed by atoms with Crippen LogP contribution in [-0.4, -0.2) is 26.9 Å². The second-order valence-electron chi connectivity index (χ2n) is 22.3. The van der Waals surface area contributed by atoms with Gasteiger partial charge in [-0.15, -0.1) is 0 Å². The van der Waals surface area contributed by atoms with E-state index >= 15 is 0 Å². The fourth-order valence-electron chi connectivity index (χ4n) is 6.72. The van der Waals surface area contributed by atoms with Crippen molar-refractivity contribution >= 4 is 11.0 Å². The molecule has 0 unspecified atom stereocenters. The van der Waals surface area contributed by atoms with E-state index < -0.39 is 0 Å². The number of aromatic nitrogens is 4. The van der Waals surface area contributed by atoms with Crippen molar-refractivity contribution in [3.8, 4) is 0 Å². The Morgan fingerprint density at radius 1 is 0.377 bits per heavy atom. The smallest absolute Gasteiger partial charge is 0.135 e. The molecule has 6 aromatic rings. The number of hydrogen-bond acceptors (Lipinski definition) is 7. The molecule has 0 radical (unpaired) electrons. The Bertz CT molecular complexity index is 2140. The zero-order chi connectivity index (χ0) is 45.3. The Kier molecular flexibility index (Phi) is 18.7. The quantitative estimate of drug-likeness (QED) is 0.173. The van der Waals surface area contributed by atoms with E-state index in [0.29, 0.717) is 33.7 Å². The molecule has 0 atom stereocenters. The number of rotatable bonds is 5. The monoisotopic (exact) mass is 825 g/mol. The summed E-state index contributed by atoms with van der Waals surface area (Å²) in [5, 5.41) is 9.70. The third-order valence-electron chi connectivity index (χ3n) is 8.85. The first kappa shape index (κ1) is 50.3. The van der Waals surface area contributed by atoms with Crippen LogP contribution in [0.25, 0.3) is 11.0 Å². The van der Waals surface area contributed by atoms with Crippen LogP contribution >= 0.6 is 0 Å². The molecule has 0 fully saturated rings. The van der Waals surface area contributed by atoms with Crippen molar-refractivity contribution < 1.29 is 4.63 Å². The number of benzene rings is 3. The van der Waals surface area contributed by atoms with Crippen LogP contribution < -0.4 is 10.7 Å². The Morgan fingerprint density at radius 3 is 1.21 bits per heavy atom. The number of hydrogen-bond donors (Lipinski definition) is 0. The minimum absolute atomic E-state index is 0.296. The summed E-state index contributed by atoms with van der Waals surface area (Å²) in [6, 6.07) is 31.4. The molecular weight excluding hydrogens is 749 g/mol. The first-order valence-corrected chi connectivity index (χ1v) is 21.8. The molecule has 0 bridgehead atoms. The second kappa shape index (κ2) is 22.7. The minimum atomic E-state index is 0.296. The molecule has 3 aromatic carbocycles. The molecule has 1 aliphatic rings. The van der Waals surface area contributed by atoms with Gasteiger partial charge in [0.15, 0.2) is 0 Å². The Hall–Kier alpha value is -5.04. The van der Waals surface area contributed by atoms with Crippen molar-refractivity contribution in [3.63, 3.8) is 0 Å². The molecule has 328 valence electrons. The lowest BCUT2D eigenvalue weighted by Gasteiger charge is -2.17. The van der Waals surface area contributed by atoms with Crippen molar-refractivity contribution in [1.82, 2.24) is 20.3 Å². The first-order chi connectivity index (χ1) is 28.3. The Morgan fingerprint density at radius 2 is 0.754 bits per heavy atom. The van der Waals surface area contributed by atoms with E-state index in [0.717, 1.165) is 53.9 Å². The van der Waals surface area contributed by atoms with E-state index in [1.54, 1.807) is 0 Å². The topological polar surface area (TPSA) is 89.4 Å². The van der Waals surface area contributed by atoms with Gasteiger partial charge in [-0.25, -0.2) is 4.63 Å². The van der Waals surface area contributed by atoms with Crippen LogP contribution in [0.2, 0.25) is 0 Å². The maximum absolute atomic E-state index is 4.65. The van der Waals surface area contributed by atoms with Gasteiger partial charge in [0.2, 0.25) is 0 Å². The molecule has 0 amide bonds. The van der Waals surface area contributed by atoms with Gasteiger partial charge in [0.25, 0.3) is 0 Å². The number of nitrogens with zero attached hydrogens (tertiary/aromatic N) is 6. The highest BCUT2D eigenvalue weighted by Gasteiger charge is 2.14. The van der Waals surface area contributed by atoms with Gasteiger partial charge >= 0.3 is 0 Å². The maximum atomic E-state index is 4.65. The summed E-state index contributed by atoms with van der Waals surface area (Å²) in [6.07, 6.45) is 12.9. The predicted molar refractivity (Wildman–Crippen MR) is 256 cm³/mol. The zero-order valence-electron chi connectivity index (χ0n) is 40.3. The van der Waals surface area contributed by atoms with Gasteiger partial charge in [0.1, 0.15) is 17.7 Å². The molecule has 61 heavy (non-hydrogen) atoms. The van der Waals surface area contributed by atoms with Crippen molar-refractivity contribution in [2.24, 2.45) is 37.1 Å². The van der Waals surface area contributed by atoms with Crippen LogP contribution in [0.3, 0.4) is 0 Å². The summed E-state index contributed by atoms with van der Waals surface area (Å²) < 4.78 is 4.65. The van der Waals surface area contributed by atoms with Crippen molar-refractivity contribution in [3.05, 3.63) is 154 Å². The fraction of sp³-hybridized carbons (Fsp3) is 0.481. The standard InChI is InChI=1S/C12H16N2.C11H14N2O.C11H16.2C10H15N/c1-12(2,3)7-9-4-5-10-11(6-9)14-8-13-10;1-11(2,3)7-8-4-5-9-10(6-8)13-14-12-9;1-11(2,3)9-10-7-5-4-6-8-10;2*1-10(2,3)8-9-4-6-11-7-5-9/h4-6H,7-8H2,1-3H3;4-6H,7H2,1-3H3;4-8H,9H2,1-3H3;2*4-7H,8H2,1-3H3. The molecule has 4 heterocycles. The van der Waals surface area contributed by atoms with E-state index in [1.807, 2.05) is 36.9 Å². The molecule has 0 N–H and O–H groups in total. The van der Waals surface area contributed by atoms with Crippen LogP contribution in [0.15, 0.2) is 130 Å². The van der Waals surface area contributed by atoms with Gasteiger partial charge in [-0.05, 0) is 146 Å². The summed E-state index contributed by atoms with van der Waals surface area (Å²) in [4.78, 5) is 16.5. The van der Waals surface area contributed by atoms with E-state index in [4.69, 9.17) is 0 Å². The second-order valence-corrected chi connectivity index (χ2v) is 22.3. The summed E-state index contributed by atoms with van der Waals surface area (Å²) in [6.45, 7) is 34.3. The van der Waals surface area contributed by atoms with Gasteiger partial charge in [0, 0.05) is 24.8 Å². The molecule has 0 saturated carbocycles. The van der Waals surface area contributed by atoms with E-state index in [9.17, 15) is 0 Å². The van der Waals surface area contributed by atoms with Gasteiger partial charge in [-0.3, -0.25) is 20.0 Å². The SMILES string of the molecule is CC(C)(C)Cc1ccc2c(c1)=NCN=2.CC(C)(C)Cc1ccc2nonc2c1.CC(C)(C)Cc1ccccc1.CC(C)(C)Cc1ccncc1.CC(C)(C)Cc1ccncc1. The summed E-state index contributed by atoms with van der Waals surface area (Å²) in [5.74, 6) is 0. The maximum Gasteiger partial charge on any atom is 0.135 e. The van der Waals surface area contributed by atoms with Crippen LogP contribution in [0.1, 0.15) is 132 Å². The molecule has 7 nitrogen and oxygen atoms in total. The average Bonchev–Trinajstić information content (AvgIpc) is 3.80. The number of fused-ring (bicyclic) bond motifs is 2. The highest BCUT2D eigenvalue weighted by Crippen LogP contribution is 2.24. The Balaban J connectivity index is 0.000000204. The summed E-state index contributed by atoms with van der Waals surface area (Å²) >= 11 is 0. The molecule has 0 spiro atoms. The molecule has 7 heteroatoms. The van der Waals surface area contributed by atoms with Crippen molar-refractivity contribution in [2.45, 2.75) is 136 Å². The lowest BCUT2D eigenvalue weighted by molar-refractivity contribution is 0.315. The first-order valence-electron chi connectivity index (χ1n) is 21.8. The van der Waals surface area contributed by atoms with E-state index in [-0.39, 0.29) is 0 Å². The van der Waals surface area contributed by atoms with E-state index in [2.05, 4.69) is 218 Å². The molecule has 0 saturated heterocycles. The van der Waals surface area contributed by atoms with Crippen LogP contribution in [0, 0.1) is 27.1 Å². The molecule has 3 aromatic heterocycles. The summed E-state index contributed by atoms with van der Waals surface area (Å²) in [5.41, 5.74) is 10.3. The van der Waals surface area contributed by atoms with Crippen LogP contribution in [-0.2, 0) is 32.1 Å². The molecule has 7 rings (SSSR count). The third kappa shape index (κ3) is 22.9. The zero-order valence-corrected chi connectivity index (χ0v) is 40.3. The Labute approximate surface area is 368 Å².